The van der Waals surface area contributed by atoms with Crippen molar-refractivity contribution >= 4 is 29.9 Å². The monoisotopic (exact) mass is 336 g/mol. The van der Waals surface area contributed by atoms with E-state index in [0.29, 0.717) is 17.2 Å². The third-order valence-electron chi connectivity index (χ3n) is 3.90. The molecule has 6 heteroatoms. The second kappa shape index (κ2) is 6.69. The number of furan rings is 1. The molecule has 2 heterocycles. The Hall–Kier alpha value is -2.91. The van der Waals surface area contributed by atoms with Crippen molar-refractivity contribution in [3.8, 4) is 6.07 Å². The van der Waals surface area contributed by atoms with E-state index in [1.54, 1.807) is 31.2 Å². The molecule has 0 spiro atoms. The van der Waals surface area contributed by atoms with Gasteiger partial charge in [-0.15, -0.1) is 0 Å². The van der Waals surface area contributed by atoms with E-state index in [0.717, 1.165) is 0 Å². The van der Waals surface area contributed by atoms with Gasteiger partial charge in [-0.05, 0) is 31.2 Å². The second-order valence-electron chi connectivity index (χ2n) is 5.41. The molecule has 0 saturated heterocycles. The van der Waals surface area contributed by atoms with Crippen LogP contribution in [0.3, 0.4) is 0 Å². The molecule has 1 amide bonds. The summed E-state index contributed by atoms with van der Waals surface area (Å²) in [4.78, 5) is 17.1. The zero-order chi connectivity index (χ0) is 17.1. The lowest BCUT2D eigenvalue weighted by molar-refractivity contribution is -0.118. The average molecular weight is 336 g/mol. The number of nitriles is 1. The van der Waals surface area contributed by atoms with Crippen molar-refractivity contribution in [3.05, 3.63) is 65.1 Å². The van der Waals surface area contributed by atoms with Crippen LogP contribution in [0.15, 0.2) is 68.7 Å². The maximum Gasteiger partial charge on any atom is 0.234 e. The van der Waals surface area contributed by atoms with E-state index in [2.05, 4.69) is 16.4 Å². The summed E-state index contributed by atoms with van der Waals surface area (Å²) < 4.78 is 5.47. The van der Waals surface area contributed by atoms with Crippen LogP contribution in [0.1, 0.15) is 18.6 Å². The van der Waals surface area contributed by atoms with Gasteiger partial charge in [-0.1, -0.05) is 23.2 Å². The van der Waals surface area contributed by atoms with E-state index in [1.807, 2.05) is 18.2 Å². The fourth-order valence-electron chi connectivity index (χ4n) is 2.81. The molecule has 0 aliphatic carbocycles. The van der Waals surface area contributed by atoms with Gasteiger partial charge in [-0.2, -0.15) is 5.26 Å². The quantitative estimate of drug-likeness (QED) is 0.872. The molecular weight excluding hydrogens is 322 g/mol. The molecule has 3 rings (SSSR count). The van der Waals surface area contributed by atoms with E-state index >= 15 is 0 Å². The van der Waals surface area contributed by atoms with Gasteiger partial charge in [-0.25, -0.2) is 0 Å². The number of hydrogen-bond acceptors (Lipinski definition) is 5. The Morgan fingerprint density at radius 2 is 2.04 bits per heavy atom. The molecule has 1 aromatic carbocycles. The minimum atomic E-state index is -0.655. The molecule has 0 fully saturated rings. The summed E-state index contributed by atoms with van der Waals surface area (Å²) in [7, 11) is 0. The first-order valence-corrected chi connectivity index (χ1v) is 7.78. The number of aliphatic imine (C=N–C) groups is 1. The summed E-state index contributed by atoms with van der Waals surface area (Å²) in [6.45, 7) is 1.74. The van der Waals surface area contributed by atoms with Crippen molar-refractivity contribution in [1.29, 1.82) is 5.26 Å². The Kier molecular flexibility index (Phi) is 4.45. The van der Waals surface area contributed by atoms with Crippen molar-refractivity contribution in [2.45, 2.75) is 12.8 Å². The molecule has 0 radical (unpaired) electrons. The van der Waals surface area contributed by atoms with Crippen LogP contribution in [0, 0.1) is 17.2 Å². The first-order valence-electron chi connectivity index (χ1n) is 7.37. The Bertz CT molecular complexity index is 848. The van der Waals surface area contributed by atoms with Gasteiger partial charge in [0.15, 0.2) is 0 Å². The van der Waals surface area contributed by atoms with Crippen LogP contribution in [-0.2, 0) is 17.4 Å². The Morgan fingerprint density at radius 1 is 1.29 bits per heavy atom. The minimum absolute atomic E-state index is 0.208. The molecule has 1 aliphatic rings. The van der Waals surface area contributed by atoms with Crippen LogP contribution in [0.4, 0.5) is 5.69 Å². The Labute approximate surface area is 145 Å². The number of nitrogens with one attached hydrogen (secondary N) is 1. The molecular formula is C18H14N3O2S-. The number of nitrogens with zero attached hydrogens (tertiary/aromatic N) is 2. The van der Waals surface area contributed by atoms with Crippen LogP contribution in [0.25, 0.3) is 0 Å². The first kappa shape index (κ1) is 16.0. The molecule has 1 N–H and O–H groups in total. The maximum atomic E-state index is 12.9. The third-order valence-corrected chi connectivity index (χ3v) is 4.21. The van der Waals surface area contributed by atoms with Crippen molar-refractivity contribution in [1.82, 2.24) is 0 Å². The number of benzene rings is 1. The number of hydrogen-bond donors (Lipinski definition) is 1. The van der Waals surface area contributed by atoms with Crippen LogP contribution >= 0.6 is 0 Å². The molecule has 5 nitrogen and oxygen atoms in total. The van der Waals surface area contributed by atoms with Crippen LogP contribution < -0.4 is 5.32 Å². The van der Waals surface area contributed by atoms with Gasteiger partial charge in [0.25, 0.3) is 0 Å². The lowest BCUT2D eigenvalue weighted by Gasteiger charge is -2.31. The number of anilines is 1. The first-order chi connectivity index (χ1) is 11.6. The smallest absolute Gasteiger partial charge is 0.234 e. The fourth-order valence-corrected chi connectivity index (χ4v) is 3.12. The predicted molar refractivity (Wildman–Crippen MR) is 93.1 cm³/mol. The van der Waals surface area contributed by atoms with E-state index in [4.69, 9.17) is 17.0 Å². The van der Waals surface area contributed by atoms with Gasteiger partial charge < -0.3 is 22.4 Å². The summed E-state index contributed by atoms with van der Waals surface area (Å²) >= 11 is 5.20. The summed E-state index contributed by atoms with van der Waals surface area (Å²) in [6, 6.07) is 14.7. The largest absolute Gasteiger partial charge is 0.759 e. The average Bonchev–Trinajstić information content (AvgIpc) is 3.09. The highest BCUT2D eigenvalue weighted by Gasteiger charge is 2.38. The Balaban J connectivity index is 1.99. The number of rotatable bonds is 3. The van der Waals surface area contributed by atoms with E-state index < -0.39 is 11.8 Å². The van der Waals surface area contributed by atoms with Gasteiger partial charge in [0.2, 0.25) is 5.91 Å². The standard InChI is InChI=1S/C18H15N3O2S/c1-11-15(17(22)21-12-6-3-2-4-7-12)16(14-8-5-9-23-14)13(10-19)18(24)20-11/h2-9,15-16,24H,1H3,(H,21,22)/p-1/t15?,16-/m1/s1. The number of allylic oxidation sites excluding steroid dienone is 1. The molecule has 1 aromatic heterocycles. The van der Waals surface area contributed by atoms with Crippen LogP contribution in [0.2, 0.25) is 0 Å². The SMILES string of the molecule is CC1=NC([S-])=C(C#N)[C@H](c2ccco2)C1C(=O)Nc1ccccc1. The lowest BCUT2D eigenvalue weighted by atomic mass is 9.79. The zero-order valence-electron chi connectivity index (χ0n) is 12.9. The zero-order valence-corrected chi connectivity index (χ0v) is 13.7. The van der Waals surface area contributed by atoms with Crippen molar-refractivity contribution in [3.63, 3.8) is 0 Å². The highest BCUT2D eigenvalue weighted by Crippen LogP contribution is 2.38. The van der Waals surface area contributed by atoms with Gasteiger partial charge in [0.05, 0.1) is 24.2 Å². The number of carbonyl (C=O) groups excluding carboxylic acids is 1. The summed E-state index contributed by atoms with van der Waals surface area (Å²) in [5.74, 6) is -0.952. The summed E-state index contributed by atoms with van der Waals surface area (Å²) in [5, 5.41) is 12.6. The summed E-state index contributed by atoms with van der Waals surface area (Å²) in [6.07, 6.45) is 1.51. The van der Waals surface area contributed by atoms with Crippen molar-refractivity contribution < 1.29 is 9.21 Å². The summed E-state index contributed by atoms with van der Waals surface area (Å²) in [5.41, 5.74) is 1.52. The topological polar surface area (TPSA) is 78.4 Å². The second-order valence-corrected chi connectivity index (χ2v) is 5.80. The highest BCUT2D eigenvalue weighted by molar-refractivity contribution is 7.63. The highest BCUT2D eigenvalue weighted by atomic mass is 32.1. The molecule has 24 heavy (non-hydrogen) atoms. The normalized spacial score (nSPS) is 20.2. The lowest BCUT2D eigenvalue weighted by Crippen LogP contribution is -2.36. The molecule has 0 saturated carbocycles. The van der Waals surface area contributed by atoms with Crippen molar-refractivity contribution in [2.24, 2.45) is 10.9 Å². The molecule has 2 atom stereocenters. The number of carbonyl (C=O) groups is 1. The predicted octanol–water partition coefficient (Wildman–Crippen LogP) is 3.37. The Morgan fingerprint density at radius 3 is 2.67 bits per heavy atom. The minimum Gasteiger partial charge on any atom is -0.759 e. The fraction of sp³-hybridized carbons (Fsp3) is 0.167. The molecule has 2 aromatic rings. The molecule has 0 bridgehead atoms. The van der Waals surface area contributed by atoms with E-state index in [1.165, 1.54) is 6.26 Å². The van der Waals surface area contributed by atoms with Gasteiger partial charge in [-0.3, -0.25) is 9.79 Å². The van der Waals surface area contributed by atoms with Gasteiger partial charge in [0, 0.05) is 17.0 Å². The molecule has 120 valence electrons. The van der Waals surface area contributed by atoms with E-state index in [9.17, 15) is 10.1 Å². The maximum absolute atomic E-state index is 12.9. The van der Waals surface area contributed by atoms with Crippen LogP contribution in [-0.4, -0.2) is 11.6 Å². The van der Waals surface area contributed by atoms with E-state index in [-0.39, 0.29) is 16.5 Å². The number of amides is 1. The van der Waals surface area contributed by atoms with Crippen LogP contribution in [0.5, 0.6) is 0 Å². The third kappa shape index (κ3) is 2.94. The molecule has 1 aliphatic heterocycles. The van der Waals surface area contributed by atoms with Gasteiger partial charge in [0.1, 0.15) is 5.76 Å². The number of para-hydroxylation sites is 1. The van der Waals surface area contributed by atoms with Gasteiger partial charge >= 0.3 is 0 Å². The van der Waals surface area contributed by atoms with Crippen molar-refractivity contribution in [2.75, 3.05) is 5.32 Å². The molecule has 1 unspecified atom stereocenters.